The number of aromatic nitrogens is 3. The Labute approximate surface area is 181 Å². The van der Waals surface area contributed by atoms with Crippen LogP contribution in [0, 0.1) is 0 Å². The molecule has 29 heavy (non-hydrogen) atoms. The Morgan fingerprint density at radius 1 is 1.17 bits per heavy atom. The van der Waals surface area contributed by atoms with Gasteiger partial charge in [-0.25, -0.2) is 4.68 Å². The number of hydrogen-bond donors (Lipinski definition) is 2. The zero-order valence-electron chi connectivity index (χ0n) is 15.7. The second-order valence-electron chi connectivity index (χ2n) is 6.32. The lowest BCUT2D eigenvalue weighted by Gasteiger charge is -2.22. The fraction of sp³-hybridized carbons (Fsp3) is 0.250. The van der Waals surface area contributed by atoms with E-state index in [2.05, 4.69) is 15.6 Å². The minimum atomic E-state index is -0.313. The maximum Gasteiger partial charge on any atom is 0.239 e. The molecule has 1 fully saturated rings. The van der Waals surface area contributed by atoms with Gasteiger partial charge < -0.3 is 15.4 Å². The Balaban J connectivity index is 0.00000150. The number of carbonyl (C=O) groups excluding carboxylic acids is 1. The van der Waals surface area contributed by atoms with Crippen molar-refractivity contribution in [3.8, 4) is 16.9 Å². The predicted molar refractivity (Wildman–Crippen MR) is 116 cm³/mol. The van der Waals surface area contributed by atoms with E-state index in [1.165, 1.54) is 0 Å². The number of carbonyl (C=O) groups is 1. The molecule has 1 aliphatic heterocycles. The van der Waals surface area contributed by atoms with Crippen LogP contribution in [-0.4, -0.2) is 46.5 Å². The fourth-order valence-electron chi connectivity index (χ4n) is 3.04. The van der Waals surface area contributed by atoms with Gasteiger partial charge in [-0.3, -0.25) is 9.78 Å². The Morgan fingerprint density at radius 2 is 1.93 bits per heavy atom. The van der Waals surface area contributed by atoms with Crippen LogP contribution in [0.15, 0.2) is 61.1 Å². The summed E-state index contributed by atoms with van der Waals surface area (Å²) in [6.45, 7) is 2.11. The molecule has 1 saturated heterocycles. The highest BCUT2D eigenvalue weighted by Gasteiger charge is 2.21. The smallest absolute Gasteiger partial charge is 0.239 e. The van der Waals surface area contributed by atoms with Gasteiger partial charge in [0.1, 0.15) is 6.04 Å². The van der Waals surface area contributed by atoms with E-state index in [1.807, 2.05) is 53.3 Å². The molecule has 9 heteroatoms. The molecule has 1 unspecified atom stereocenters. The van der Waals surface area contributed by atoms with E-state index >= 15 is 0 Å². The van der Waals surface area contributed by atoms with Gasteiger partial charge >= 0.3 is 0 Å². The molecule has 154 valence electrons. The van der Waals surface area contributed by atoms with Gasteiger partial charge in [0.15, 0.2) is 0 Å². The monoisotopic (exact) mass is 435 g/mol. The van der Waals surface area contributed by atoms with Crippen LogP contribution < -0.4 is 10.6 Å². The van der Waals surface area contributed by atoms with Crippen molar-refractivity contribution < 1.29 is 9.53 Å². The van der Waals surface area contributed by atoms with Crippen LogP contribution in [0.5, 0.6) is 0 Å². The second kappa shape index (κ2) is 10.9. The van der Waals surface area contributed by atoms with Gasteiger partial charge in [0.05, 0.1) is 24.6 Å². The highest BCUT2D eigenvalue weighted by Crippen LogP contribution is 2.23. The number of nitrogens with one attached hydrogen (secondary N) is 2. The molecule has 1 aromatic carbocycles. The number of para-hydroxylation sites is 1. The summed E-state index contributed by atoms with van der Waals surface area (Å²) in [5.41, 5.74) is 3.69. The van der Waals surface area contributed by atoms with Crippen LogP contribution in [0.25, 0.3) is 16.9 Å². The molecule has 1 amide bonds. The van der Waals surface area contributed by atoms with Crippen molar-refractivity contribution in [1.29, 1.82) is 0 Å². The molecule has 1 atom stereocenters. The van der Waals surface area contributed by atoms with Crippen molar-refractivity contribution in [2.75, 3.05) is 19.8 Å². The summed E-state index contributed by atoms with van der Waals surface area (Å²) >= 11 is 0. The third-order valence-corrected chi connectivity index (χ3v) is 4.46. The van der Waals surface area contributed by atoms with Crippen molar-refractivity contribution >= 4 is 30.7 Å². The minimum Gasteiger partial charge on any atom is -0.378 e. The Morgan fingerprint density at radius 3 is 2.62 bits per heavy atom. The third kappa shape index (κ3) is 5.55. The zero-order chi connectivity index (χ0) is 18.5. The Kier molecular flexibility index (Phi) is 8.60. The molecule has 3 heterocycles. The number of amides is 1. The number of rotatable bonds is 5. The van der Waals surface area contributed by atoms with Crippen molar-refractivity contribution in [3.63, 3.8) is 0 Å². The van der Waals surface area contributed by atoms with Crippen LogP contribution in [0.1, 0.15) is 5.56 Å². The first-order chi connectivity index (χ1) is 13.3. The van der Waals surface area contributed by atoms with E-state index in [0.29, 0.717) is 26.3 Å². The Bertz CT molecular complexity index is 900. The molecule has 1 aliphatic rings. The van der Waals surface area contributed by atoms with Gasteiger partial charge in [-0.2, -0.15) is 5.10 Å². The van der Waals surface area contributed by atoms with Gasteiger partial charge in [-0.15, -0.1) is 24.8 Å². The van der Waals surface area contributed by atoms with E-state index in [0.717, 1.165) is 22.5 Å². The number of morpholine rings is 1. The third-order valence-electron chi connectivity index (χ3n) is 4.46. The molecule has 0 saturated carbocycles. The molecular formula is C20H23Cl2N5O2. The van der Waals surface area contributed by atoms with Crippen LogP contribution in [-0.2, 0) is 16.1 Å². The topological polar surface area (TPSA) is 81.1 Å². The summed E-state index contributed by atoms with van der Waals surface area (Å²) in [6.07, 6.45) is 5.43. The lowest BCUT2D eigenvalue weighted by molar-refractivity contribution is -0.126. The van der Waals surface area contributed by atoms with Crippen molar-refractivity contribution in [2.24, 2.45) is 0 Å². The van der Waals surface area contributed by atoms with E-state index in [4.69, 9.17) is 9.84 Å². The molecule has 0 bridgehead atoms. The summed E-state index contributed by atoms with van der Waals surface area (Å²) in [5, 5.41) is 10.9. The van der Waals surface area contributed by atoms with E-state index < -0.39 is 0 Å². The van der Waals surface area contributed by atoms with Gasteiger partial charge in [-0.05, 0) is 24.3 Å². The van der Waals surface area contributed by atoms with Crippen molar-refractivity contribution in [3.05, 3.63) is 66.6 Å². The molecule has 2 aromatic heterocycles. The first kappa shape index (κ1) is 22.8. The van der Waals surface area contributed by atoms with Gasteiger partial charge in [0, 0.05) is 42.8 Å². The van der Waals surface area contributed by atoms with Crippen molar-refractivity contribution in [2.45, 2.75) is 12.6 Å². The lowest BCUT2D eigenvalue weighted by Crippen LogP contribution is -2.51. The lowest BCUT2D eigenvalue weighted by atomic mass is 10.1. The molecule has 4 rings (SSSR count). The molecule has 0 aliphatic carbocycles. The van der Waals surface area contributed by atoms with Crippen LogP contribution >= 0.6 is 24.8 Å². The fourth-order valence-corrected chi connectivity index (χ4v) is 3.04. The summed E-state index contributed by atoms with van der Waals surface area (Å²) in [6, 6.07) is 13.4. The number of pyridine rings is 1. The Hall–Kier alpha value is -2.45. The largest absolute Gasteiger partial charge is 0.378 e. The number of halogens is 2. The average Bonchev–Trinajstić information content (AvgIpc) is 3.18. The van der Waals surface area contributed by atoms with Crippen LogP contribution in [0.3, 0.4) is 0 Å². The van der Waals surface area contributed by atoms with Gasteiger partial charge in [-0.1, -0.05) is 18.2 Å². The summed E-state index contributed by atoms with van der Waals surface area (Å²) < 4.78 is 7.20. The van der Waals surface area contributed by atoms with E-state index in [-0.39, 0.29) is 36.8 Å². The highest BCUT2D eigenvalue weighted by atomic mass is 35.5. The zero-order valence-corrected chi connectivity index (χ0v) is 17.3. The average molecular weight is 436 g/mol. The predicted octanol–water partition coefficient (Wildman–Crippen LogP) is 2.38. The number of nitrogens with zero attached hydrogens (tertiary/aromatic N) is 3. The normalized spacial score (nSPS) is 15.7. The maximum atomic E-state index is 12.4. The van der Waals surface area contributed by atoms with E-state index in [1.54, 1.807) is 12.4 Å². The summed E-state index contributed by atoms with van der Waals surface area (Å²) in [7, 11) is 0. The standard InChI is InChI=1S/C20H21N5O2.2ClH/c26-20(18-14-27-11-10-22-18)23-12-16-13-25(17-4-2-1-3-5-17)24-19(16)15-6-8-21-9-7-15;;/h1-9,13,18,22H,10-12,14H2,(H,23,26);2*1H. The SMILES string of the molecule is Cl.Cl.O=C(NCc1cn(-c2ccccc2)nc1-c1ccncc1)C1COCCN1. The number of ether oxygens (including phenoxy) is 1. The molecule has 0 spiro atoms. The van der Waals surface area contributed by atoms with Crippen LogP contribution in [0.4, 0.5) is 0 Å². The number of hydrogen-bond acceptors (Lipinski definition) is 5. The van der Waals surface area contributed by atoms with Crippen LogP contribution in [0.2, 0.25) is 0 Å². The molecular weight excluding hydrogens is 413 g/mol. The van der Waals surface area contributed by atoms with Gasteiger partial charge in [0.25, 0.3) is 0 Å². The summed E-state index contributed by atoms with van der Waals surface area (Å²) in [5.74, 6) is -0.0668. The first-order valence-electron chi connectivity index (χ1n) is 8.94. The minimum absolute atomic E-state index is 0. The second-order valence-corrected chi connectivity index (χ2v) is 6.32. The first-order valence-corrected chi connectivity index (χ1v) is 8.94. The molecule has 7 nitrogen and oxygen atoms in total. The quantitative estimate of drug-likeness (QED) is 0.642. The van der Waals surface area contributed by atoms with Crippen molar-refractivity contribution in [1.82, 2.24) is 25.4 Å². The number of benzene rings is 1. The molecule has 2 N–H and O–H groups in total. The maximum absolute atomic E-state index is 12.4. The summed E-state index contributed by atoms with van der Waals surface area (Å²) in [4.78, 5) is 16.5. The molecule has 0 radical (unpaired) electrons. The molecule has 3 aromatic rings. The van der Waals surface area contributed by atoms with E-state index in [9.17, 15) is 4.79 Å². The highest BCUT2D eigenvalue weighted by molar-refractivity contribution is 5.85. The van der Waals surface area contributed by atoms with Gasteiger partial charge in [0.2, 0.25) is 5.91 Å².